The van der Waals surface area contributed by atoms with Crippen molar-refractivity contribution in [1.82, 2.24) is 0 Å². The molecule has 0 rings (SSSR count). The van der Waals surface area contributed by atoms with Gasteiger partial charge >= 0.3 is 11.9 Å². The van der Waals surface area contributed by atoms with Gasteiger partial charge in [-0.15, -0.1) is 0 Å². The summed E-state index contributed by atoms with van der Waals surface area (Å²) in [5, 5.41) is -1.96. The standard InChI is InChI=1S/C22H42O7S/c1-16(14-21(3,4)5)9-11-28-19(23)13-18(30(25,26)27)20(24)29-12-10-17(2)15-22(6,7)8/h16-18H,9-15H2,1-8H3,(H,25,26,27). The van der Waals surface area contributed by atoms with Gasteiger partial charge < -0.3 is 9.47 Å². The summed E-state index contributed by atoms with van der Waals surface area (Å²) in [5.74, 6) is -1.37. The van der Waals surface area contributed by atoms with Gasteiger partial charge in [0.05, 0.1) is 19.6 Å². The lowest BCUT2D eigenvalue weighted by Crippen LogP contribution is -2.35. The summed E-state index contributed by atoms with van der Waals surface area (Å²) in [7, 11) is -4.78. The van der Waals surface area contributed by atoms with Crippen LogP contribution < -0.4 is 0 Å². The maximum atomic E-state index is 12.2. The molecule has 1 N–H and O–H groups in total. The molecule has 0 bridgehead atoms. The molecule has 0 aromatic rings. The minimum atomic E-state index is -4.78. The Kier molecular flexibility index (Phi) is 11.6. The van der Waals surface area contributed by atoms with Crippen LogP contribution in [0.4, 0.5) is 0 Å². The normalized spacial score (nSPS) is 15.9. The van der Waals surface area contributed by atoms with Crippen molar-refractivity contribution >= 4 is 22.1 Å². The number of ether oxygens (including phenoxy) is 2. The van der Waals surface area contributed by atoms with Gasteiger partial charge in [-0.05, 0) is 48.3 Å². The molecule has 0 fully saturated rings. The SMILES string of the molecule is CC(CCOC(=O)CC(C(=O)OCCC(C)CC(C)(C)C)S(=O)(=O)O)CC(C)(C)C. The number of hydrogen-bond donors (Lipinski definition) is 1. The van der Waals surface area contributed by atoms with E-state index in [2.05, 4.69) is 48.5 Å². The molecule has 0 aliphatic carbocycles. The van der Waals surface area contributed by atoms with Crippen LogP contribution in [0.25, 0.3) is 0 Å². The third-order valence-electron chi connectivity index (χ3n) is 4.62. The smallest absolute Gasteiger partial charge is 0.327 e. The quantitative estimate of drug-likeness (QED) is 0.341. The fourth-order valence-electron chi connectivity index (χ4n) is 3.64. The lowest BCUT2D eigenvalue weighted by Gasteiger charge is -2.23. The molecule has 3 unspecified atom stereocenters. The van der Waals surface area contributed by atoms with Crippen LogP contribution in [-0.4, -0.2) is 43.4 Å². The first-order chi connectivity index (χ1) is 13.4. The van der Waals surface area contributed by atoms with E-state index in [1.807, 2.05) is 6.92 Å². The van der Waals surface area contributed by atoms with E-state index in [9.17, 15) is 22.6 Å². The number of carbonyl (C=O) groups excluding carboxylic acids is 2. The minimum Gasteiger partial charge on any atom is -0.466 e. The molecule has 0 saturated heterocycles. The van der Waals surface area contributed by atoms with E-state index in [0.717, 1.165) is 12.8 Å². The fraction of sp³-hybridized carbons (Fsp3) is 0.909. The highest BCUT2D eigenvalue weighted by Crippen LogP contribution is 2.26. The van der Waals surface area contributed by atoms with Gasteiger partial charge in [0.1, 0.15) is 0 Å². The maximum Gasteiger partial charge on any atom is 0.327 e. The molecule has 3 atom stereocenters. The van der Waals surface area contributed by atoms with Gasteiger partial charge in [0.15, 0.2) is 5.25 Å². The Morgan fingerprint density at radius 1 is 0.833 bits per heavy atom. The Hall–Kier alpha value is -1.15. The fourth-order valence-corrected chi connectivity index (χ4v) is 4.30. The van der Waals surface area contributed by atoms with Crippen LogP contribution in [0.5, 0.6) is 0 Å². The summed E-state index contributed by atoms with van der Waals surface area (Å²) in [5.41, 5.74) is 0.294. The lowest BCUT2D eigenvalue weighted by atomic mass is 9.84. The van der Waals surface area contributed by atoms with Crippen molar-refractivity contribution in [3.8, 4) is 0 Å². The Balaban J connectivity index is 4.58. The highest BCUT2D eigenvalue weighted by atomic mass is 32.2. The molecule has 0 amide bonds. The van der Waals surface area contributed by atoms with Crippen LogP contribution in [0.1, 0.15) is 87.5 Å². The van der Waals surface area contributed by atoms with Crippen molar-refractivity contribution < 1.29 is 32.0 Å². The summed E-state index contributed by atoms with van der Waals surface area (Å²) < 4.78 is 42.6. The first-order valence-corrected chi connectivity index (χ1v) is 12.2. The van der Waals surface area contributed by atoms with Crippen molar-refractivity contribution in [1.29, 1.82) is 0 Å². The summed E-state index contributed by atoms with van der Waals surface area (Å²) in [4.78, 5) is 24.2. The second-order valence-corrected chi connectivity index (χ2v) is 12.5. The number of carbonyl (C=O) groups is 2. The van der Waals surface area contributed by atoms with Crippen molar-refractivity contribution in [2.45, 2.75) is 92.7 Å². The number of hydrogen-bond acceptors (Lipinski definition) is 6. The van der Waals surface area contributed by atoms with Gasteiger partial charge in [0.2, 0.25) is 0 Å². The van der Waals surface area contributed by atoms with E-state index in [4.69, 9.17) is 9.47 Å². The van der Waals surface area contributed by atoms with Gasteiger partial charge in [0.25, 0.3) is 10.1 Å². The highest BCUT2D eigenvalue weighted by molar-refractivity contribution is 7.87. The summed E-state index contributed by atoms with van der Waals surface area (Å²) in [6.45, 7) is 17.0. The van der Waals surface area contributed by atoms with E-state index in [0.29, 0.717) is 18.8 Å². The molecular formula is C22H42O7S. The predicted molar refractivity (Wildman–Crippen MR) is 118 cm³/mol. The van der Waals surface area contributed by atoms with E-state index in [-0.39, 0.29) is 30.0 Å². The van der Waals surface area contributed by atoms with E-state index >= 15 is 0 Å². The monoisotopic (exact) mass is 450 g/mol. The van der Waals surface area contributed by atoms with Crippen LogP contribution in [0, 0.1) is 22.7 Å². The Labute approximate surface area is 183 Å². The van der Waals surface area contributed by atoms with Crippen LogP contribution in [-0.2, 0) is 29.2 Å². The van der Waals surface area contributed by atoms with Gasteiger partial charge in [-0.3, -0.25) is 14.1 Å². The van der Waals surface area contributed by atoms with Gasteiger partial charge in [0, 0.05) is 0 Å². The first-order valence-electron chi connectivity index (χ1n) is 10.7. The second-order valence-electron chi connectivity index (χ2n) is 10.9. The Morgan fingerprint density at radius 3 is 1.60 bits per heavy atom. The van der Waals surface area contributed by atoms with E-state index in [1.165, 1.54) is 0 Å². The zero-order chi connectivity index (χ0) is 23.8. The molecule has 0 aromatic heterocycles. The molecule has 178 valence electrons. The van der Waals surface area contributed by atoms with Gasteiger partial charge in [-0.2, -0.15) is 8.42 Å². The number of rotatable bonds is 12. The van der Waals surface area contributed by atoms with E-state index in [1.54, 1.807) is 0 Å². The lowest BCUT2D eigenvalue weighted by molar-refractivity contribution is -0.150. The second kappa shape index (κ2) is 12.0. The maximum absolute atomic E-state index is 12.2. The predicted octanol–water partition coefficient (Wildman–Crippen LogP) is 4.64. The largest absolute Gasteiger partial charge is 0.466 e. The molecule has 0 spiro atoms. The zero-order valence-electron chi connectivity index (χ0n) is 20.0. The van der Waals surface area contributed by atoms with Crippen LogP contribution in [0.2, 0.25) is 0 Å². The van der Waals surface area contributed by atoms with Crippen LogP contribution >= 0.6 is 0 Å². The van der Waals surface area contributed by atoms with Crippen LogP contribution in [0.3, 0.4) is 0 Å². The molecule has 8 heteroatoms. The summed E-state index contributed by atoms with van der Waals surface area (Å²) >= 11 is 0. The molecule has 0 aromatic carbocycles. The van der Waals surface area contributed by atoms with Crippen molar-refractivity contribution in [3.63, 3.8) is 0 Å². The average molecular weight is 451 g/mol. The molecule has 0 aliphatic heterocycles. The minimum absolute atomic E-state index is 0.0292. The topological polar surface area (TPSA) is 107 Å². The number of esters is 2. The molecule has 30 heavy (non-hydrogen) atoms. The Bertz CT molecular complexity index is 641. The van der Waals surface area contributed by atoms with Gasteiger partial charge in [-0.25, -0.2) is 0 Å². The zero-order valence-corrected chi connectivity index (χ0v) is 20.8. The first kappa shape index (κ1) is 28.9. The molecular weight excluding hydrogens is 408 g/mol. The van der Waals surface area contributed by atoms with Crippen molar-refractivity contribution in [2.75, 3.05) is 13.2 Å². The van der Waals surface area contributed by atoms with Crippen LogP contribution in [0.15, 0.2) is 0 Å². The van der Waals surface area contributed by atoms with E-state index < -0.39 is 33.7 Å². The Morgan fingerprint density at radius 2 is 1.23 bits per heavy atom. The highest BCUT2D eigenvalue weighted by Gasteiger charge is 2.35. The summed E-state index contributed by atoms with van der Waals surface area (Å²) in [6, 6.07) is 0. The van der Waals surface area contributed by atoms with Crippen molar-refractivity contribution in [3.05, 3.63) is 0 Å². The van der Waals surface area contributed by atoms with Crippen molar-refractivity contribution in [2.24, 2.45) is 22.7 Å². The average Bonchev–Trinajstić information content (AvgIpc) is 2.47. The third kappa shape index (κ3) is 14.8. The molecule has 7 nitrogen and oxygen atoms in total. The molecule has 0 heterocycles. The van der Waals surface area contributed by atoms with Gasteiger partial charge in [-0.1, -0.05) is 55.4 Å². The summed E-state index contributed by atoms with van der Waals surface area (Å²) in [6.07, 6.45) is 2.32. The third-order valence-corrected chi connectivity index (χ3v) is 5.70. The molecule has 0 aliphatic rings. The molecule has 0 radical (unpaired) electrons. The molecule has 0 saturated carbocycles.